The number of methoxy groups -OCH3 is 1. The number of carbonyl (C=O) groups excluding carboxylic acids is 1. The highest BCUT2D eigenvalue weighted by Gasteiger charge is 2.09. The van der Waals surface area contributed by atoms with Gasteiger partial charge in [0, 0.05) is 9.13 Å². The summed E-state index contributed by atoms with van der Waals surface area (Å²) in [5.74, 6) is 0.420. The number of amides is 1. The maximum absolute atomic E-state index is 12.1. The number of hydrogen-bond donors (Lipinski definition) is 1. The van der Waals surface area contributed by atoms with E-state index in [1.54, 1.807) is 43.5 Å². The molecule has 0 fully saturated rings. The van der Waals surface area contributed by atoms with Crippen molar-refractivity contribution in [3.05, 3.63) is 56.6 Å². The van der Waals surface area contributed by atoms with Crippen molar-refractivity contribution in [1.82, 2.24) is 0 Å². The maximum Gasteiger partial charge on any atom is 0.255 e. The van der Waals surface area contributed by atoms with Crippen LogP contribution in [0.5, 0.6) is 5.75 Å². The van der Waals surface area contributed by atoms with Crippen molar-refractivity contribution in [3.63, 3.8) is 0 Å². The summed E-state index contributed by atoms with van der Waals surface area (Å²) in [7, 11) is 1.56. The number of hydrogen-bond acceptors (Lipinski definition) is 2. The van der Waals surface area contributed by atoms with Crippen LogP contribution in [0.4, 0.5) is 5.69 Å². The number of anilines is 1. The van der Waals surface area contributed by atoms with Crippen LogP contribution in [0, 0.1) is 3.57 Å². The van der Waals surface area contributed by atoms with Crippen molar-refractivity contribution in [2.45, 2.75) is 0 Å². The molecule has 5 heteroatoms. The fourth-order valence-corrected chi connectivity index (χ4v) is 2.45. The van der Waals surface area contributed by atoms with Gasteiger partial charge in [0.1, 0.15) is 5.75 Å². The summed E-state index contributed by atoms with van der Waals surface area (Å²) in [4.78, 5) is 12.1. The van der Waals surface area contributed by atoms with Gasteiger partial charge in [-0.15, -0.1) is 0 Å². The highest BCUT2D eigenvalue weighted by atomic mass is 127. The van der Waals surface area contributed by atoms with E-state index in [0.717, 1.165) is 3.57 Å². The first-order valence-corrected chi connectivity index (χ1v) is 6.96. The minimum absolute atomic E-state index is 0.220. The van der Waals surface area contributed by atoms with E-state index in [4.69, 9.17) is 16.3 Å². The minimum atomic E-state index is -0.220. The molecule has 0 heterocycles. The Bertz CT molecular complexity index is 616. The molecule has 2 aromatic carbocycles. The van der Waals surface area contributed by atoms with Crippen molar-refractivity contribution in [2.24, 2.45) is 0 Å². The molecule has 2 aromatic rings. The Morgan fingerprint density at radius 2 is 2.05 bits per heavy atom. The third-order valence-corrected chi connectivity index (χ3v) is 3.49. The molecule has 0 saturated carbocycles. The van der Waals surface area contributed by atoms with E-state index in [1.807, 2.05) is 6.07 Å². The standard InChI is InChI=1S/C14H11ClINO2/c1-19-11-4-2-3-9(7-11)14(18)17-13-6-5-10(16)8-12(13)15/h2-8H,1H3,(H,17,18). The van der Waals surface area contributed by atoms with Gasteiger partial charge in [0.25, 0.3) is 5.91 Å². The summed E-state index contributed by atoms with van der Waals surface area (Å²) in [5, 5.41) is 3.29. The fraction of sp³-hybridized carbons (Fsp3) is 0.0714. The van der Waals surface area contributed by atoms with Crippen molar-refractivity contribution < 1.29 is 9.53 Å². The second kappa shape index (κ2) is 6.25. The second-order valence-corrected chi connectivity index (χ2v) is 5.46. The zero-order valence-electron chi connectivity index (χ0n) is 10.1. The van der Waals surface area contributed by atoms with E-state index in [2.05, 4.69) is 27.9 Å². The van der Waals surface area contributed by atoms with Gasteiger partial charge in [0.15, 0.2) is 0 Å². The molecule has 0 aliphatic carbocycles. The quantitative estimate of drug-likeness (QED) is 0.802. The normalized spacial score (nSPS) is 10.1. The predicted molar refractivity (Wildman–Crippen MR) is 85.1 cm³/mol. The summed E-state index contributed by atoms with van der Waals surface area (Å²) in [6.45, 7) is 0. The molecule has 1 amide bonds. The number of carbonyl (C=O) groups is 1. The van der Waals surface area contributed by atoms with E-state index in [9.17, 15) is 4.79 Å². The number of halogens is 2. The Kier molecular flexibility index (Phi) is 4.66. The molecule has 0 radical (unpaired) electrons. The first-order chi connectivity index (χ1) is 9.10. The molecular formula is C14H11ClINO2. The van der Waals surface area contributed by atoms with Crippen molar-refractivity contribution in [3.8, 4) is 5.75 Å². The van der Waals surface area contributed by atoms with Crippen LogP contribution in [0.25, 0.3) is 0 Å². The molecule has 1 N–H and O–H groups in total. The van der Waals surface area contributed by atoms with Gasteiger partial charge in [-0.25, -0.2) is 0 Å². The maximum atomic E-state index is 12.1. The summed E-state index contributed by atoms with van der Waals surface area (Å²) in [6.07, 6.45) is 0. The van der Waals surface area contributed by atoms with E-state index in [1.165, 1.54) is 0 Å². The van der Waals surface area contributed by atoms with Gasteiger partial charge < -0.3 is 10.1 Å². The lowest BCUT2D eigenvalue weighted by atomic mass is 10.2. The van der Waals surface area contributed by atoms with Crippen LogP contribution in [0.2, 0.25) is 5.02 Å². The Balaban J connectivity index is 2.20. The molecule has 0 aliphatic heterocycles. The first kappa shape index (κ1) is 14.1. The lowest BCUT2D eigenvalue weighted by Crippen LogP contribution is -2.12. The van der Waals surface area contributed by atoms with Crippen molar-refractivity contribution >= 4 is 45.8 Å². The molecular weight excluding hydrogens is 377 g/mol. The van der Waals surface area contributed by atoms with Crippen molar-refractivity contribution in [1.29, 1.82) is 0 Å². The van der Waals surface area contributed by atoms with E-state index >= 15 is 0 Å². The van der Waals surface area contributed by atoms with Gasteiger partial charge in [0.05, 0.1) is 17.8 Å². The van der Waals surface area contributed by atoms with Crippen LogP contribution in [0.1, 0.15) is 10.4 Å². The van der Waals surface area contributed by atoms with Crippen LogP contribution < -0.4 is 10.1 Å². The second-order valence-electron chi connectivity index (χ2n) is 3.81. The first-order valence-electron chi connectivity index (χ1n) is 5.50. The van der Waals surface area contributed by atoms with E-state index in [-0.39, 0.29) is 5.91 Å². The summed E-state index contributed by atoms with van der Waals surface area (Å²) in [5.41, 5.74) is 1.11. The average molecular weight is 388 g/mol. The number of nitrogens with one attached hydrogen (secondary N) is 1. The van der Waals surface area contributed by atoms with Crippen LogP contribution in [-0.2, 0) is 0 Å². The molecule has 0 saturated heterocycles. The molecule has 3 nitrogen and oxygen atoms in total. The summed E-state index contributed by atoms with van der Waals surface area (Å²) < 4.78 is 6.10. The lowest BCUT2D eigenvalue weighted by Gasteiger charge is -2.08. The van der Waals surface area contributed by atoms with Crippen molar-refractivity contribution in [2.75, 3.05) is 12.4 Å². The van der Waals surface area contributed by atoms with Gasteiger partial charge in [-0.3, -0.25) is 4.79 Å². The lowest BCUT2D eigenvalue weighted by molar-refractivity contribution is 0.102. The van der Waals surface area contributed by atoms with Gasteiger partial charge in [-0.1, -0.05) is 17.7 Å². The Morgan fingerprint density at radius 1 is 1.26 bits per heavy atom. The van der Waals surface area contributed by atoms with Crippen LogP contribution in [0.15, 0.2) is 42.5 Å². The van der Waals surface area contributed by atoms with Gasteiger partial charge in [0.2, 0.25) is 0 Å². The Morgan fingerprint density at radius 3 is 2.74 bits per heavy atom. The number of rotatable bonds is 3. The van der Waals surface area contributed by atoms with Gasteiger partial charge >= 0.3 is 0 Å². The highest BCUT2D eigenvalue weighted by Crippen LogP contribution is 2.24. The van der Waals surface area contributed by atoms with E-state index in [0.29, 0.717) is 22.0 Å². The SMILES string of the molecule is COc1cccc(C(=O)Nc2ccc(I)cc2Cl)c1. The minimum Gasteiger partial charge on any atom is -0.497 e. The number of benzene rings is 2. The molecule has 0 aromatic heterocycles. The topological polar surface area (TPSA) is 38.3 Å². The molecule has 0 aliphatic rings. The predicted octanol–water partition coefficient (Wildman–Crippen LogP) is 4.21. The van der Waals surface area contributed by atoms with Crippen LogP contribution in [-0.4, -0.2) is 13.0 Å². The molecule has 98 valence electrons. The summed E-state index contributed by atoms with van der Waals surface area (Å²) >= 11 is 8.24. The van der Waals surface area contributed by atoms with Crippen LogP contribution >= 0.6 is 34.2 Å². The van der Waals surface area contributed by atoms with Gasteiger partial charge in [-0.05, 0) is 59.0 Å². The smallest absolute Gasteiger partial charge is 0.255 e. The zero-order valence-corrected chi connectivity index (χ0v) is 13.0. The highest BCUT2D eigenvalue weighted by molar-refractivity contribution is 14.1. The molecule has 2 rings (SSSR count). The monoisotopic (exact) mass is 387 g/mol. The van der Waals surface area contributed by atoms with Crippen LogP contribution in [0.3, 0.4) is 0 Å². The van der Waals surface area contributed by atoms with Gasteiger partial charge in [-0.2, -0.15) is 0 Å². The molecule has 0 atom stereocenters. The fourth-order valence-electron chi connectivity index (χ4n) is 1.55. The third kappa shape index (κ3) is 3.61. The largest absolute Gasteiger partial charge is 0.497 e. The molecule has 0 bridgehead atoms. The molecule has 0 unspecified atom stereocenters. The Hall–Kier alpha value is -1.27. The third-order valence-electron chi connectivity index (χ3n) is 2.51. The zero-order chi connectivity index (χ0) is 13.8. The summed E-state index contributed by atoms with van der Waals surface area (Å²) in [6, 6.07) is 12.4. The molecule has 0 spiro atoms. The Labute approximate surface area is 130 Å². The molecule has 19 heavy (non-hydrogen) atoms. The average Bonchev–Trinajstić information content (AvgIpc) is 2.42. The van der Waals surface area contributed by atoms with E-state index < -0.39 is 0 Å². The number of ether oxygens (including phenoxy) is 1.